The van der Waals surface area contributed by atoms with Gasteiger partial charge in [0.15, 0.2) is 0 Å². The van der Waals surface area contributed by atoms with E-state index in [1.54, 1.807) is 11.0 Å². The second-order valence-corrected chi connectivity index (χ2v) is 7.04. The van der Waals surface area contributed by atoms with E-state index in [1.165, 1.54) is 12.1 Å². The molecule has 2 aliphatic rings. The highest BCUT2D eigenvalue weighted by Gasteiger charge is 2.36. The molecule has 1 saturated heterocycles. The summed E-state index contributed by atoms with van der Waals surface area (Å²) in [6.07, 6.45) is 3.12. The number of nitrogens with zero attached hydrogens (tertiary/aromatic N) is 2. The highest BCUT2D eigenvalue weighted by Crippen LogP contribution is 2.31. The fourth-order valence-corrected chi connectivity index (χ4v) is 3.54. The van der Waals surface area contributed by atoms with Crippen molar-refractivity contribution in [2.24, 2.45) is 10.9 Å². The Morgan fingerprint density at radius 2 is 2.14 bits per heavy atom. The molecule has 2 heterocycles. The molecule has 1 amide bonds. The molecule has 0 spiro atoms. The number of alkyl halides is 3. The van der Waals surface area contributed by atoms with E-state index >= 15 is 0 Å². The van der Waals surface area contributed by atoms with E-state index in [-0.39, 0.29) is 24.5 Å². The molecule has 0 aromatic heterocycles. The van der Waals surface area contributed by atoms with Crippen molar-refractivity contribution in [1.82, 2.24) is 4.90 Å². The average Bonchev–Trinajstić information content (AvgIpc) is 3.09. The van der Waals surface area contributed by atoms with Crippen molar-refractivity contribution in [1.29, 1.82) is 0 Å². The van der Waals surface area contributed by atoms with Crippen LogP contribution in [0, 0.1) is 5.92 Å². The number of rotatable bonds is 6. The molecule has 150 valence electrons. The summed E-state index contributed by atoms with van der Waals surface area (Å²) in [5.41, 5.74) is 0.732. The van der Waals surface area contributed by atoms with Crippen LogP contribution in [0.1, 0.15) is 30.4 Å². The number of ether oxygens (including phenoxy) is 1. The molecule has 2 atom stereocenters. The molecule has 1 aromatic rings. The van der Waals surface area contributed by atoms with Crippen LogP contribution >= 0.6 is 0 Å². The zero-order valence-electron chi connectivity index (χ0n) is 15.5. The van der Waals surface area contributed by atoms with Gasteiger partial charge < -0.3 is 9.64 Å². The van der Waals surface area contributed by atoms with Crippen molar-refractivity contribution in [2.45, 2.75) is 38.1 Å². The summed E-state index contributed by atoms with van der Waals surface area (Å²) >= 11 is 0. The van der Waals surface area contributed by atoms with Gasteiger partial charge in [-0.25, -0.2) is 0 Å². The van der Waals surface area contributed by atoms with E-state index in [9.17, 15) is 18.0 Å². The third-order valence-electron chi connectivity index (χ3n) is 4.99. The van der Waals surface area contributed by atoms with Gasteiger partial charge in [-0.3, -0.25) is 9.79 Å². The first-order valence-corrected chi connectivity index (χ1v) is 9.27. The highest BCUT2D eigenvalue weighted by molar-refractivity contribution is 5.87. The van der Waals surface area contributed by atoms with Gasteiger partial charge >= 0.3 is 6.18 Å². The van der Waals surface area contributed by atoms with Crippen molar-refractivity contribution in [3.05, 3.63) is 59.8 Å². The van der Waals surface area contributed by atoms with Gasteiger partial charge in [-0.2, -0.15) is 13.2 Å². The molecule has 1 fully saturated rings. The lowest BCUT2D eigenvalue weighted by molar-refractivity contribution is -0.137. The predicted molar refractivity (Wildman–Crippen MR) is 101 cm³/mol. The number of hydrogen-bond acceptors (Lipinski definition) is 3. The van der Waals surface area contributed by atoms with Gasteiger partial charge in [-0.15, -0.1) is 0 Å². The molecular weight excluding hydrogens is 369 g/mol. The van der Waals surface area contributed by atoms with Gasteiger partial charge in [0.2, 0.25) is 5.91 Å². The summed E-state index contributed by atoms with van der Waals surface area (Å²) in [6, 6.07) is 5.13. The number of carbonyl (C=O) groups is 1. The zero-order chi connectivity index (χ0) is 20.1. The first-order chi connectivity index (χ1) is 13.4. The first-order valence-electron chi connectivity index (χ1n) is 9.27. The van der Waals surface area contributed by atoms with Crippen LogP contribution in [0.2, 0.25) is 0 Å². The molecule has 4 nitrogen and oxygen atoms in total. The Morgan fingerprint density at radius 1 is 1.32 bits per heavy atom. The Bertz CT molecular complexity index is 786. The Hall–Kier alpha value is -2.41. The molecule has 0 aliphatic carbocycles. The molecule has 2 aliphatic heterocycles. The Morgan fingerprint density at radius 3 is 2.82 bits per heavy atom. The second-order valence-electron chi connectivity index (χ2n) is 7.04. The van der Waals surface area contributed by atoms with Crippen LogP contribution in [0.15, 0.2) is 53.7 Å². The summed E-state index contributed by atoms with van der Waals surface area (Å²) in [6.45, 7) is 4.50. The largest absolute Gasteiger partial charge is 0.416 e. The molecule has 1 unspecified atom stereocenters. The first kappa shape index (κ1) is 20.3. The van der Waals surface area contributed by atoms with Crippen LogP contribution in [0.4, 0.5) is 13.2 Å². The number of allylic oxidation sites excluding steroid dienone is 2. The lowest BCUT2D eigenvalue weighted by atomic mass is 9.98. The Labute approximate surface area is 162 Å². The fourth-order valence-electron chi connectivity index (χ4n) is 3.54. The SMILES string of the molecule is C=CC(=O)N1CC(OCc2cccc(C(F)(F)F)c2)[C@H](CC2=CCCC=N2)C1. The second kappa shape index (κ2) is 8.73. The topological polar surface area (TPSA) is 41.9 Å². The van der Waals surface area contributed by atoms with E-state index in [1.807, 2.05) is 6.21 Å². The van der Waals surface area contributed by atoms with Gasteiger partial charge in [0.05, 0.1) is 18.3 Å². The van der Waals surface area contributed by atoms with Gasteiger partial charge in [0.25, 0.3) is 0 Å². The zero-order valence-corrected chi connectivity index (χ0v) is 15.5. The molecule has 0 bridgehead atoms. The molecule has 1 aromatic carbocycles. The average molecular weight is 392 g/mol. The quantitative estimate of drug-likeness (QED) is 0.675. The van der Waals surface area contributed by atoms with Crippen molar-refractivity contribution in [3.8, 4) is 0 Å². The summed E-state index contributed by atoms with van der Waals surface area (Å²) < 4.78 is 44.7. The van der Waals surface area contributed by atoms with Gasteiger partial charge in [-0.05, 0) is 43.0 Å². The van der Waals surface area contributed by atoms with Crippen molar-refractivity contribution in [3.63, 3.8) is 0 Å². The minimum absolute atomic E-state index is 0.0381. The smallest absolute Gasteiger partial charge is 0.371 e. The summed E-state index contributed by atoms with van der Waals surface area (Å²) in [7, 11) is 0. The molecule has 0 saturated carbocycles. The van der Waals surface area contributed by atoms with Crippen LogP contribution in [0.5, 0.6) is 0 Å². The van der Waals surface area contributed by atoms with E-state index in [2.05, 4.69) is 17.6 Å². The van der Waals surface area contributed by atoms with Crippen LogP contribution < -0.4 is 0 Å². The molecule has 7 heteroatoms. The number of aliphatic imine (C=N–C) groups is 1. The number of amides is 1. The number of carbonyl (C=O) groups excluding carboxylic acids is 1. The maximum atomic E-state index is 12.9. The minimum atomic E-state index is -4.38. The number of likely N-dealkylation sites (tertiary alicyclic amines) is 1. The van der Waals surface area contributed by atoms with Crippen molar-refractivity contribution in [2.75, 3.05) is 13.1 Å². The van der Waals surface area contributed by atoms with E-state index in [0.717, 1.165) is 30.7 Å². The van der Waals surface area contributed by atoms with E-state index in [4.69, 9.17) is 4.74 Å². The van der Waals surface area contributed by atoms with Crippen molar-refractivity contribution >= 4 is 12.1 Å². The Balaban J connectivity index is 1.68. The van der Waals surface area contributed by atoms with Crippen LogP contribution in [0.25, 0.3) is 0 Å². The summed E-state index contributed by atoms with van der Waals surface area (Å²) in [5, 5.41) is 0. The molecule has 3 rings (SSSR count). The number of benzene rings is 1. The Kier molecular flexibility index (Phi) is 6.34. The predicted octanol–water partition coefficient (Wildman–Crippen LogP) is 4.37. The summed E-state index contributed by atoms with van der Waals surface area (Å²) in [5.74, 6) is -0.132. The monoisotopic (exact) mass is 392 g/mol. The molecule has 0 radical (unpaired) electrons. The fraction of sp³-hybridized carbons (Fsp3) is 0.429. The van der Waals surface area contributed by atoms with Crippen LogP contribution in [-0.2, 0) is 22.3 Å². The molecule has 0 N–H and O–H groups in total. The van der Waals surface area contributed by atoms with Crippen LogP contribution in [-0.4, -0.2) is 36.2 Å². The number of halogens is 3. The van der Waals surface area contributed by atoms with Gasteiger partial charge in [-0.1, -0.05) is 24.8 Å². The third-order valence-corrected chi connectivity index (χ3v) is 4.99. The van der Waals surface area contributed by atoms with E-state index < -0.39 is 11.7 Å². The molecule has 28 heavy (non-hydrogen) atoms. The van der Waals surface area contributed by atoms with Crippen molar-refractivity contribution < 1.29 is 22.7 Å². The summed E-state index contributed by atoms with van der Waals surface area (Å²) in [4.78, 5) is 18.1. The highest BCUT2D eigenvalue weighted by atomic mass is 19.4. The maximum Gasteiger partial charge on any atom is 0.416 e. The lowest BCUT2D eigenvalue weighted by Gasteiger charge is -2.20. The number of hydrogen-bond donors (Lipinski definition) is 0. The lowest BCUT2D eigenvalue weighted by Crippen LogP contribution is -2.28. The standard InChI is InChI=1S/C21H23F3N2O2/c1-2-20(27)26-12-16(11-18-8-3-4-9-25-18)19(13-26)28-14-15-6-5-7-17(10-15)21(22,23)24/h2,5-10,16,19H,1,3-4,11-14H2/t16-,19?/m1/s1. The molecular formula is C21H23F3N2O2. The minimum Gasteiger partial charge on any atom is -0.371 e. The van der Waals surface area contributed by atoms with Crippen LogP contribution in [0.3, 0.4) is 0 Å². The van der Waals surface area contributed by atoms with Gasteiger partial charge in [0.1, 0.15) is 0 Å². The van der Waals surface area contributed by atoms with E-state index in [0.29, 0.717) is 25.1 Å². The third kappa shape index (κ3) is 5.10. The normalized spacial score (nSPS) is 22.2. The van der Waals surface area contributed by atoms with Gasteiger partial charge in [0, 0.05) is 30.9 Å². The maximum absolute atomic E-state index is 12.9.